The van der Waals surface area contributed by atoms with Crippen molar-refractivity contribution in [2.75, 3.05) is 0 Å². The number of aromatic nitrogens is 6. The standard InChI is InChI=1S/C18H19N7OS/c1-2-17-21-22-18(25(17)6-1)9-19-8-14-3-4-16(26-14)15-5-7-24(23-15)10-13-11-27-12-20-13/h3-5,7,11-12,19H,1-2,6,8-10H2. The summed E-state index contributed by atoms with van der Waals surface area (Å²) in [6.45, 7) is 3.02. The van der Waals surface area contributed by atoms with Crippen LogP contribution in [-0.4, -0.2) is 29.5 Å². The van der Waals surface area contributed by atoms with E-state index in [1.54, 1.807) is 11.3 Å². The van der Waals surface area contributed by atoms with E-state index in [0.29, 0.717) is 19.6 Å². The molecule has 0 aromatic carbocycles. The number of hydrogen-bond donors (Lipinski definition) is 1. The Labute approximate surface area is 159 Å². The van der Waals surface area contributed by atoms with Crippen molar-refractivity contribution in [1.29, 1.82) is 0 Å². The maximum atomic E-state index is 5.94. The molecule has 0 fully saturated rings. The lowest BCUT2D eigenvalue weighted by Gasteiger charge is -2.03. The smallest absolute Gasteiger partial charge is 0.154 e. The SMILES string of the molecule is c1nc(Cn2ccc(-c3ccc(CNCc4nnc5n4CCC5)o3)n2)cs1. The predicted molar refractivity (Wildman–Crippen MR) is 100 cm³/mol. The maximum absolute atomic E-state index is 5.94. The fraction of sp³-hybridized carbons (Fsp3) is 0.333. The van der Waals surface area contributed by atoms with Crippen molar-refractivity contribution in [3.8, 4) is 11.5 Å². The summed E-state index contributed by atoms with van der Waals surface area (Å²) in [7, 11) is 0. The summed E-state index contributed by atoms with van der Waals surface area (Å²) in [6.07, 6.45) is 4.14. The molecule has 0 bridgehead atoms. The third kappa shape index (κ3) is 3.43. The van der Waals surface area contributed by atoms with Crippen LogP contribution in [0.2, 0.25) is 0 Å². The molecule has 27 heavy (non-hydrogen) atoms. The molecule has 4 aromatic heterocycles. The number of aryl methyl sites for hydroxylation is 1. The second kappa shape index (κ2) is 7.09. The summed E-state index contributed by atoms with van der Waals surface area (Å²) >= 11 is 1.59. The summed E-state index contributed by atoms with van der Waals surface area (Å²) < 4.78 is 10.0. The number of nitrogens with zero attached hydrogens (tertiary/aromatic N) is 6. The summed E-state index contributed by atoms with van der Waals surface area (Å²) in [4.78, 5) is 4.29. The van der Waals surface area contributed by atoms with Gasteiger partial charge in [0.2, 0.25) is 0 Å². The number of rotatable bonds is 7. The normalized spacial score (nSPS) is 13.3. The minimum Gasteiger partial charge on any atom is -0.458 e. The van der Waals surface area contributed by atoms with E-state index in [1.165, 1.54) is 0 Å². The average molecular weight is 381 g/mol. The predicted octanol–water partition coefficient (Wildman–Crippen LogP) is 2.48. The first kappa shape index (κ1) is 16.4. The summed E-state index contributed by atoms with van der Waals surface area (Å²) in [5.74, 6) is 3.74. The molecule has 0 atom stereocenters. The molecule has 0 saturated heterocycles. The Morgan fingerprint density at radius 3 is 3.11 bits per heavy atom. The van der Waals surface area contributed by atoms with Crippen LogP contribution in [0.15, 0.2) is 39.7 Å². The van der Waals surface area contributed by atoms with Crippen LogP contribution in [0.3, 0.4) is 0 Å². The van der Waals surface area contributed by atoms with Crippen molar-refractivity contribution in [3.05, 3.63) is 58.4 Å². The van der Waals surface area contributed by atoms with Gasteiger partial charge in [-0.2, -0.15) is 5.10 Å². The Kier molecular flexibility index (Phi) is 4.30. The van der Waals surface area contributed by atoms with Gasteiger partial charge in [0.1, 0.15) is 23.1 Å². The number of furan rings is 1. The van der Waals surface area contributed by atoms with Crippen LogP contribution < -0.4 is 5.32 Å². The zero-order valence-corrected chi connectivity index (χ0v) is 15.5. The lowest BCUT2D eigenvalue weighted by molar-refractivity contribution is 0.484. The molecule has 138 valence electrons. The number of hydrogen-bond acceptors (Lipinski definition) is 7. The Morgan fingerprint density at radius 1 is 1.19 bits per heavy atom. The molecule has 1 aliphatic heterocycles. The van der Waals surface area contributed by atoms with Gasteiger partial charge in [-0.05, 0) is 24.6 Å². The summed E-state index contributed by atoms with van der Waals surface area (Å²) in [5.41, 5.74) is 3.67. The molecule has 0 spiro atoms. The third-order valence-electron chi connectivity index (χ3n) is 4.63. The molecule has 9 heteroatoms. The van der Waals surface area contributed by atoms with Crippen molar-refractivity contribution in [3.63, 3.8) is 0 Å². The Morgan fingerprint density at radius 2 is 2.19 bits per heavy atom. The molecule has 5 rings (SSSR count). The minimum absolute atomic E-state index is 0.641. The molecule has 0 amide bonds. The van der Waals surface area contributed by atoms with Crippen LogP contribution in [-0.2, 0) is 32.6 Å². The first-order valence-corrected chi connectivity index (χ1v) is 9.91. The molecule has 5 heterocycles. The van der Waals surface area contributed by atoms with Crippen LogP contribution in [0.1, 0.15) is 29.5 Å². The monoisotopic (exact) mass is 381 g/mol. The molecular weight excluding hydrogens is 362 g/mol. The average Bonchev–Trinajstić information content (AvgIpc) is 3.47. The molecule has 4 aromatic rings. The molecule has 0 unspecified atom stereocenters. The van der Waals surface area contributed by atoms with Gasteiger partial charge in [-0.25, -0.2) is 4.98 Å². The molecule has 1 aliphatic rings. The second-order valence-electron chi connectivity index (χ2n) is 6.54. The number of thiazole rings is 1. The minimum atomic E-state index is 0.641. The van der Waals surface area contributed by atoms with Crippen LogP contribution in [0.4, 0.5) is 0 Å². The zero-order valence-electron chi connectivity index (χ0n) is 14.7. The molecule has 1 N–H and O–H groups in total. The van der Waals surface area contributed by atoms with E-state index in [-0.39, 0.29) is 0 Å². The first-order chi connectivity index (χ1) is 13.3. The Balaban J connectivity index is 1.19. The highest BCUT2D eigenvalue weighted by atomic mass is 32.1. The van der Waals surface area contributed by atoms with E-state index in [0.717, 1.165) is 53.9 Å². The zero-order chi connectivity index (χ0) is 18.1. The van der Waals surface area contributed by atoms with Gasteiger partial charge >= 0.3 is 0 Å². The molecule has 0 aliphatic carbocycles. The third-order valence-corrected chi connectivity index (χ3v) is 5.27. The van der Waals surface area contributed by atoms with E-state index in [1.807, 2.05) is 40.0 Å². The van der Waals surface area contributed by atoms with Crippen LogP contribution in [0.25, 0.3) is 11.5 Å². The molecule has 0 saturated carbocycles. The van der Waals surface area contributed by atoms with E-state index in [2.05, 4.69) is 30.2 Å². The highest BCUT2D eigenvalue weighted by Crippen LogP contribution is 2.21. The molecule has 0 radical (unpaired) electrons. The van der Waals surface area contributed by atoms with Crippen molar-refractivity contribution < 1.29 is 4.42 Å². The van der Waals surface area contributed by atoms with E-state index in [4.69, 9.17) is 4.42 Å². The van der Waals surface area contributed by atoms with Crippen molar-refractivity contribution in [2.24, 2.45) is 0 Å². The van der Waals surface area contributed by atoms with E-state index >= 15 is 0 Å². The van der Waals surface area contributed by atoms with E-state index < -0.39 is 0 Å². The van der Waals surface area contributed by atoms with Gasteiger partial charge in [0.15, 0.2) is 5.76 Å². The second-order valence-corrected chi connectivity index (χ2v) is 7.25. The van der Waals surface area contributed by atoms with Crippen molar-refractivity contribution >= 4 is 11.3 Å². The van der Waals surface area contributed by atoms with Gasteiger partial charge in [0.25, 0.3) is 0 Å². The molecule has 8 nitrogen and oxygen atoms in total. The highest BCUT2D eigenvalue weighted by Gasteiger charge is 2.16. The largest absolute Gasteiger partial charge is 0.458 e. The van der Waals surface area contributed by atoms with Crippen molar-refractivity contribution in [1.82, 2.24) is 34.8 Å². The summed E-state index contributed by atoms with van der Waals surface area (Å²) in [6, 6.07) is 5.90. The molecular formula is C18H19N7OS. The van der Waals surface area contributed by atoms with Crippen molar-refractivity contribution in [2.45, 2.75) is 39.0 Å². The fourth-order valence-corrected chi connectivity index (χ4v) is 3.86. The lowest BCUT2D eigenvalue weighted by Crippen LogP contribution is -2.16. The van der Waals surface area contributed by atoms with Gasteiger partial charge in [-0.15, -0.1) is 21.5 Å². The number of fused-ring (bicyclic) bond motifs is 1. The topological polar surface area (TPSA) is 86.6 Å². The summed E-state index contributed by atoms with van der Waals surface area (Å²) in [5, 5.41) is 18.5. The quantitative estimate of drug-likeness (QED) is 0.529. The maximum Gasteiger partial charge on any atom is 0.154 e. The van der Waals surface area contributed by atoms with Gasteiger partial charge in [0, 0.05) is 24.5 Å². The fourth-order valence-electron chi connectivity index (χ4n) is 3.31. The lowest BCUT2D eigenvalue weighted by atomic mass is 10.3. The first-order valence-electron chi connectivity index (χ1n) is 8.96. The van der Waals surface area contributed by atoms with Gasteiger partial charge in [0.05, 0.1) is 30.8 Å². The van der Waals surface area contributed by atoms with Gasteiger partial charge in [-0.1, -0.05) is 0 Å². The van der Waals surface area contributed by atoms with Crippen LogP contribution >= 0.6 is 11.3 Å². The van der Waals surface area contributed by atoms with Gasteiger partial charge < -0.3 is 14.3 Å². The van der Waals surface area contributed by atoms with Crippen LogP contribution in [0, 0.1) is 0 Å². The highest BCUT2D eigenvalue weighted by molar-refractivity contribution is 7.07. The Hall–Kier alpha value is -2.78. The van der Waals surface area contributed by atoms with Crippen LogP contribution in [0.5, 0.6) is 0 Å². The van der Waals surface area contributed by atoms with E-state index in [9.17, 15) is 0 Å². The van der Waals surface area contributed by atoms with Gasteiger partial charge in [-0.3, -0.25) is 4.68 Å². The Bertz CT molecular complexity index is 1030. The number of nitrogens with one attached hydrogen (secondary N) is 1.